The van der Waals surface area contributed by atoms with Gasteiger partial charge in [0.05, 0.1) is 12.7 Å². The molecule has 23 heavy (non-hydrogen) atoms. The van der Waals surface area contributed by atoms with E-state index < -0.39 is 0 Å². The van der Waals surface area contributed by atoms with Crippen molar-refractivity contribution >= 4 is 11.9 Å². The minimum absolute atomic E-state index is 0.150. The van der Waals surface area contributed by atoms with E-state index in [2.05, 4.69) is 36.1 Å². The van der Waals surface area contributed by atoms with Crippen LogP contribution in [0, 0.1) is 0 Å². The summed E-state index contributed by atoms with van der Waals surface area (Å²) in [4.78, 5) is 15.9. The molecule has 10 nitrogen and oxygen atoms in total. The molecule has 1 aliphatic rings. The van der Waals surface area contributed by atoms with Crippen molar-refractivity contribution in [3.8, 4) is 0 Å². The SMILES string of the molecule is Nc1n[nH]c(CNC(=O)c2cn(CCC3CCCCN3)nn2)n1. The fraction of sp³-hybridized carbons (Fsp3) is 0.615. The van der Waals surface area contributed by atoms with Crippen LogP contribution < -0.4 is 16.4 Å². The lowest BCUT2D eigenvalue weighted by molar-refractivity contribution is 0.0945. The lowest BCUT2D eigenvalue weighted by atomic mass is 10.0. The highest BCUT2D eigenvalue weighted by molar-refractivity contribution is 5.91. The van der Waals surface area contributed by atoms with Gasteiger partial charge in [0.1, 0.15) is 5.82 Å². The molecule has 0 saturated carbocycles. The van der Waals surface area contributed by atoms with Gasteiger partial charge in [-0.05, 0) is 25.8 Å². The van der Waals surface area contributed by atoms with Crippen LogP contribution in [0.1, 0.15) is 42.0 Å². The van der Waals surface area contributed by atoms with E-state index in [1.165, 1.54) is 19.3 Å². The molecule has 3 rings (SSSR count). The van der Waals surface area contributed by atoms with Crippen LogP contribution in [0.3, 0.4) is 0 Å². The number of nitrogens with one attached hydrogen (secondary N) is 3. The molecule has 5 N–H and O–H groups in total. The Hall–Kier alpha value is -2.49. The van der Waals surface area contributed by atoms with E-state index in [9.17, 15) is 4.79 Å². The second kappa shape index (κ2) is 7.18. The molecule has 0 radical (unpaired) electrons. The molecule has 1 unspecified atom stereocenters. The van der Waals surface area contributed by atoms with Crippen LogP contribution in [0.2, 0.25) is 0 Å². The third kappa shape index (κ3) is 4.25. The largest absolute Gasteiger partial charge is 0.367 e. The monoisotopic (exact) mass is 319 g/mol. The first-order valence-electron chi connectivity index (χ1n) is 7.79. The average Bonchev–Trinajstić information content (AvgIpc) is 3.21. The predicted molar refractivity (Wildman–Crippen MR) is 82.2 cm³/mol. The quantitative estimate of drug-likeness (QED) is 0.559. The fourth-order valence-electron chi connectivity index (χ4n) is 2.61. The van der Waals surface area contributed by atoms with Gasteiger partial charge in [-0.1, -0.05) is 11.6 Å². The number of aryl methyl sites for hydroxylation is 1. The Morgan fingerprint density at radius 1 is 1.48 bits per heavy atom. The summed E-state index contributed by atoms with van der Waals surface area (Å²) in [5.74, 6) is 0.338. The number of carbonyl (C=O) groups excluding carboxylic acids is 1. The predicted octanol–water partition coefficient (Wildman–Crippen LogP) is -0.559. The van der Waals surface area contributed by atoms with Crippen LogP contribution in [0.5, 0.6) is 0 Å². The van der Waals surface area contributed by atoms with Gasteiger partial charge in [0.2, 0.25) is 5.95 Å². The zero-order valence-corrected chi connectivity index (χ0v) is 12.8. The molecule has 0 aromatic carbocycles. The zero-order valence-electron chi connectivity index (χ0n) is 12.8. The van der Waals surface area contributed by atoms with Crippen LogP contribution in [-0.2, 0) is 13.1 Å². The van der Waals surface area contributed by atoms with E-state index in [4.69, 9.17) is 5.73 Å². The van der Waals surface area contributed by atoms with Crippen LogP contribution in [0.25, 0.3) is 0 Å². The Balaban J connectivity index is 1.46. The molecular weight excluding hydrogens is 298 g/mol. The molecule has 0 spiro atoms. The van der Waals surface area contributed by atoms with Crippen LogP contribution >= 0.6 is 0 Å². The number of H-pyrrole nitrogens is 1. The highest BCUT2D eigenvalue weighted by atomic mass is 16.2. The molecule has 10 heteroatoms. The topological polar surface area (TPSA) is 139 Å². The van der Waals surface area contributed by atoms with Crippen molar-refractivity contribution in [1.29, 1.82) is 0 Å². The summed E-state index contributed by atoms with van der Waals surface area (Å²) in [5, 5.41) is 20.4. The van der Waals surface area contributed by atoms with Gasteiger partial charge in [0.25, 0.3) is 5.91 Å². The van der Waals surface area contributed by atoms with Crippen molar-refractivity contribution in [1.82, 2.24) is 40.8 Å². The molecular formula is C13H21N9O. The van der Waals surface area contributed by atoms with Crippen molar-refractivity contribution in [3.05, 3.63) is 17.7 Å². The molecule has 124 valence electrons. The normalized spacial score (nSPS) is 18.0. The third-order valence-corrected chi connectivity index (χ3v) is 3.86. The Kier molecular flexibility index (Phi) is 4.81. The molecule has 1 atom stereocenters. The molecule has 0 bridgehead atoms. The van der Waals surface area contributed by atoms with Crippen LogP contribution in [0.4, 0.5) is 5.95 Å². The molecule has 1 fully saturated rings. The molecule has 1 aliphatic heterocycles. The van der Waals surface area contributed by atoms with Gasteiger partial charge in [-0.15, -0.1) is 10.2 Å². The Labute approximate surface area is 133 Å². The second-order valence-electron chi connectivity index (χ2n) is 5.63. The second-order valence-corrected chi connectivity index (χ2v) is 5.63. The minimum Gasteiger partial charge on any atom is -0.367 e. The highest BCUT2D eigenvalue weighted by Gasteiger charge is 2.14. The number of rotatable bonds is 6. The third-order valence-electron chi connectivity index (χ3n) is 3.86. The molecule has 2 aromatic heterocycles. The average molecular weight is 319 g/mol. The Morgan fingerprint density at radius 3 is 3.13 bits per heavy atom. The van der Waals surface area contributed by atoms with Gasteiger partial charge in [-0.2, -0.15) is 4.98 Å². The van der Waals surface area contributed by atoms with Crippen LogP contribution in [-0.4, -0.2) is 48.7 Å². The molecule has 1 amide bonds. The highest BCUT2D eigenvalue weighted by Crippen LogP contribution is 2.10. The van der Waals surface area contributed by atoms with Crippen molar-refractivity contribution in [3.63, 3.8) is 0 Å². The van der Waals surface area contributed by atoms with E-state index in [1.54, 1.807) is 10.9 Å². The minimum atomic E-state index is -0.304. The van der Waals surface area contributed by atoms with Crippen molar-refractivity contribution in [2.75, 3.05) is 12.3 Å². The number of aromatic nitrogens is 6. The summed E-state index contributed by atoms with van der Waals surface area (Å²) in [5.41, 5.74) is 5.68. The maximum Gasteiger partial charge on any atom is 0.273 e. The lowest BCUT2D eigenvalue weighted by Crippen LogP contribution is -2.34. The van der Waals surface area contributed by atoms with Gasteiger partial charge in [-0.3, -0.25) is 14.6 Å². The smallest absolute Gasteiger partial charge is 0.273 e. The first-order chi connectivity index (χ1) is 11.2. The first-order valence-corrected chi connectivity index (χ1v) is 7.79. The maximum atomic E-state index is 12.0. The van der Waals surface area contributed by atoms with Crippen LogP contribution in [0.15, 0.2) is 6.20 Å². The molecule has 2 aromatic rings. The van der Waals surface area contributed by atoms with Gasteiger partial charge in [-0.25, -0.2) is 0 Å². The number of amides is 1. The zero-order chi connectivity index (χ0) is 16.1. The van der Waals surface area contributed by atoms with Gasteiger partial charge in [0.15, 0.2) is 5.69 Å². The van der Waals surface area contributed by atoms with Gasteiger partial charge >= 0.3 is 0 Å². The number of hydrogen-bond acceptors (Lipinski definition) is 7. The van der Waals surface area contributed by atoms with E-state index in [0.717, 1.165) is 19.5 Å². The van der Waals surface area contributed by atoms with E-state index in [-0.39, 0.29) is 24.1 Å². The standard InChI is InChI=1S/C13H21N9O/c14-13-17-11(19-20-13)7-16-12(23)10-8-22(21-18-10)6-4-9-3-1-2-5-15-9/h8-9,15H,1-7H2,(H,16,23)(H3,14,17,19,20). The number of piperidine rings is 1. The molecule has 3 heterocycles. The Bertz CT molecular complexity index is 643. The number of anilines is 1. The number of nitrogens with two attached hydrogens (primary N) is 1. The number of nitrogen functional groups attached to an aromatic ring is 1. The van der Waals surface area contributed by atoms with Gasteiger partial charge in [0, 0.05) is 12.6 Å². The van der Waals surface area contributed by atoms with E-state index >= 15 is 0 Å². The number of nitrogens with zero attached hydrogens (tertiary/aromatic N) is 5. The first kappa shape index (κ1) is 15.4. The number of carbonyl (C=O) groups is 1. The molecule has 1 saturated heterocycles. The summed E-state index contributed by atoms with van der Waals surface area (Å²) in [6.45, 7) is 2.04. The Morgan fingerprint density at radius 2 is 2.39 bits per heavy atom. The summed E-state index contributed by atoms with van der Waals surface area (Å²) in [7, 11) is 0. The van der Waals surface area contributed by atoms with Crippen molar-refractivity contribution in [2.24, 2.45) is 0 Å². The maximum absolute atomic E-state index is 12.0. The molecule has 0 aliphatic carbocycles. The van der Waals surface area contributed by atoms with Crippen molar-refractivity contribution < 1.29 is 4.79 Å². The summed E-state index contributed by atoms with van der Waals surface area (Å²) < 4.78 is 1.71. The fourth-order valence-corrected chi connectivity index (χ4v) is 2.61. The summed E-state index contributed by atoms with van der Waals surface area (Å²) in [6.07, 6.45) is 6.37. The van der Waals surface area contributed by atoms with E-state index in [0.29, 0.717) is 11.9 Å². The number of hydrogen-bond donors (Lipinski definition) is 4. The van der Waals surface area contributed by atoms with Crippen molar-refractivity contribution in [2.45, 2.75) is 44.8 Å². The van der Waals surface area contributed by atoms with Gasteiger partial charge < -0.3 is 16.4 Å². The summed E-state index contributed by atoms with van der Waals surface area (Å²) in [6, 6.07) is 0.530. The summed E-state index contributed by atoms with van der Waals surface area (Å²) >= 11 is 0. The van der Waals surface area contributed by atoms with E-state index in [1.807, 2.05) is 0 Å². The lowest BCUT2D eigenvalue weighted by Gasteiger charge is -2.23. The number of aromatic amines is 1.